The van der Waals surface area contributed by atoms with E-state index in [0.717, 1.165) is 63.2 Å². The average Bonchev–Trinajstić information content (AvgIpc) is 2.99. The smallest absolute Gasteiger partial charge is 0.310 e. The second-order valence-electron chi connectivity index (χ2n) is 17.2. The number of benzene rings is 1. The van der Waals surface area contributed by atoms with Crippen molar-refractivity contribution in [3.05, 3.63) is 47.1 Å². The average molecular weight is 617 g/mol. The number of carboxylic acids is 1. The van der Waals surface area contributed by atoms with Crippen LogP contribution in [0.2, 0.25) is 0 Å². The summed E-state index contributed by atoms with van der Waals surface area (Å²) in [5.41, 5.74) is 2.67. The monoisotopic (exact) mass is 616 g/mol. The van der Waals surface area contributed by atoms with Crippen LogP contribution in [0, 0.1) is 56.7 Å². The lowest BCUT2D eigenvalue weighted by molar-refractivity contribution is -0.212. The first kappa shape index (κ1) is 32.5. The van der Waals surface area contributed by atoms with E-state index in [1.54, 1.807) is 12.1 Å². The van der Waals surface area contributed by atoms with Crippen LogP contribution in [0.3, 0.4) is 0 Å². The third kappa shape index (κ3) is 4.72. The molecule has 0 heterocycles. The Morgan fingerprint density at radius 3 is 2.31 bits per heavy atom. The van der Waals surface area contributed by atoms with Crippen molar-refractivity contribution in [3.8, 4) is 5.75 Å². The Morgan fingerprint density at radius 2 is 1.64 bits per heavy atom. The predicted octanol–water partition coefficient (Wildman–Crippen LogP) is 9.10. The molecule has 0 bridgehead atoms. The normalized spacial score (nSPS) is 44.0. The van der Waals surface area contributed by atoms with Crippen LogP contribution in [0.4, 0.5) is 0 Å². The summed E-state index contributed by atoms with van der Waals surface area (Å²) in [6.07, 6.45) is 14.5. The number of hydrogen-bond donors (Lipinski definition) is 2. The highest BCUT2D eigenvalue weighted by Crippen LogP contribution is 2.75. The van der Waals surface area contributed by atoms with Gasteiger partial charge in [-0.1, -0.05) is 72.2 Å². The molecule has 0 amide bonds. The van der Waals surface area contributed by atoms with E-state index in [0.29, 0.717) is 29.2 Å². The fraction of sp³-hybridized carbons (Fsp3) is 0.700. The van der Waals surface area contributed by atoms with Crippen LogP contribution in [-0.4, -0.2) is 35.2 Å². The van der Waals surface area contributed by atoms with E-state index >= 15 is 0 Å². The number of carbonyl (C=O) groups is 2. The van der Waals surface area contributed by atoms with E-state index in [1.807, 2.05) is 18.2 Å². The molecule has 0 radical (unpaired) electrons. The van der Waals surface area contributed by atoms with Gasteiger partial charge < -0.3 is 14.9 Å². The molecule has 45 heavy (non-hydrogen) atoms. The highest BCUT2D eigenvalue weighted by molar-refractivity contribution is 5.82. The van der Waals surface area contributed by atoms with Gasteiger partial charge in [-0.05, 0) is 133 Å². The first-order valence-electron chi connectivity index (χ1n) is 17.6. The maximum absolute atomic E-state index is 13.0. The maximum atomic E-state index is 13.0. The van der Waals surface area contributed by atoms with Crippen molar-refractivity contribution in [2.45, 2.75) is 112 Å². The Bertz CT molecular complexity index is 1390. The summed E-state index contributed by atoms with van der Waals surface area (Å²) < 4.78 is 6.61. The molecule has 0 aromatic heterocycles. The van der Waals surface area contributed by atoms with Gasteiger partial charge in [-0.15, -0.1) is 0 Å². The van der Waals surface area contributed by atoms with Gasteiger partial charge in [0.15, 0.2) is 0 Å². The molecular formula is C40H56O5. The summed E-state index contributed by atoms with van der Waals surface area (Å²) in [6.45, 7) is 17.4. The molecule has 5 nitrogen and oxygen atoms in total. The van der Waals surface area contributed by atoms with E-state index in [1.165, 1.54) is 12.0 Å². The van der Waals surface area contributed by atoms with E-state index < -0.39 is 11.4 Å². The Kier molecular flexibility index (Phi) is 8.03. The molecule has 4 fully saturated rings. The zero-order valence-electron chi connectivity index (χ0n) is 28.7. The van der Waals surface area contributed by atoms with Crippen molar-refractivity contribution in [3.63, 3.8) is 0 Å². The van der Waals surface area contributed by atoms with E-state index in [9.17, 15) is 19.8 Å². The van der Waals surface area contributed by atoms with Gasteiger partial charge in [0.05, 0.1) is 18.1 Å². The van der Waals surface area contributed by atoms with Gasteiger partial charge in [-0.3, -0.25) is 9.59 Å². The molecule has 3 unspecified atom stereocenters. The van der Waals surface area contributed by atoms with Gasteiger partial charge in [0, 0.05) is 5.57 Å². The third-order valence-corrected chi connectivity index (χ3v) is 15.2. The van der Waals surface area contributed by atoms with Crippen LogP contribution < -0.4 is 0 Å². The molecule has 5 aliphatic carbocycles. The molecule has 0 spiro atoms. The number of fused-ring (bicyclic) bond motifs is 7. The minimum atomic E-state index is -0.601. The van der Waals surface area contributed by atoms with E-state index in [-0.39, 0.29) is 46.0 Å². The third-order valence-electron chi connectivity index (χ3n) is 15.2. The topological polar surface area (TPSA) is 83.8 Å². The van der Waals surface area contributed by atoms with Gasteiger partial charge >= 0.3 is 5.97 Å². The number of ether oxygens (including phenoxy) is 1. The van der Waals surface area contributed by atoms with Gasteiger partial charge in [-0.25, -0.2) is 0 Å². The molecule has 2 N–H and O–H groups in total. The Morgan fingerprint density at radius 1 is 0.933 bits per heavy atom. The van der Waals surface area contributed by atoms with Crippen LogP contribution in [0.1, 0.15) is 112 Å². The van der Waals surface area contributed by atoms with Gasteiger partial charge in [0.2, 0.25) is 0 Å². The quantitative estimate of drug-likeness (QED) is 0.189. The molecule has 0 saturated heterocycles. The Hall–Kier alpha value is -2.40. The molecule has 5 aliphatic rings. The SMILES string of the molecule is C[C@@H]1CC[C@]2(C(=O)O)CC[C@]3(C)C(=CCC4[C@@]5(C)CC[C@H](OC/C(C=O)=C\c6ccc(O)cc6)C(C)(C)C5CC[C@]43C)C2[C@H]1C. The number of hydrogen-bond acceptors (Lipinski definition) is 4. The minimum absolute atomic E-state index is 0.0220. The van der Waals surface area contributed by atoms with E-state index in [2.05, 4.69) is 54.5 Å². The molecule has 1 aromatic carbocycles. The highest BCUT2D eigenvalue weighted by Gasteiger charge is 2.69. The zero-order chi connectivity index (χ0) is 32.6. The summed E-state index contributed by atoms with van der Waals surface area (Å²) in [4.78, 5) is 25.0. The second kappa shape index (κ2) is 11.1. The molecule has 0 aliphatic heterocycles. The van der Waals surface area contributed by atoms with Crippen molar-refractivity contribution in [1.29, 1.82) is 0 Å². The summed E-state index contributed by atoms with van der Waals surface area (Å²) in [5.74, 6) is 1.79. The fourth-order valence-electron chi connectivity index (χ4n) is 12.2. The van der Waals surface area contributed by atoms with Gasteiger partial charge in [-0.2, -0.15) is 0 Å². The molecule has 4 saturated carbocycles. The zero-order valence-corrected chi connectivity index (χ0v) is 28.7. The first-order chi connectivity index (χ1) is 21.1. The van der Waals surface area contributed by atoms with Crippen molar-refractivity contribution in [2.24, 2.45) is 56.7 Å². The van der Waals surface area contributed by atoms with Crippen LogP contribution in [0.15, 0.2) is 41.5 Å². The number of carboxylic acid groups (broad SMARTS) is 1. The number of allylic oxidation sites excluding steroid dienone is 2. The maximum Gasteiger partial charge on any atom is 0.310 e. The van der Waals surface area contributed by atoms with Crippen molar-refractivity contribution >= 4 is 18.3 Å². The standard InChI is InChI=1S/C40H56O5/c1-25-14-19-40(35(43)44)21-20-38(6)30(34(40)26(25)2)12-13-32-37(5)17-16-33(36(3,4)31(37)15-18-39(32,38)7)45-24-28(23-41)22-27-8-10-29(42)11-9-27/h8-12,22-23,25-26,31-34,42H,13-21,24H2,1-7H3,(H,43,44)/b28-22-/t25-,26+,31?,32?,33+,34?,37+,38-,39-,40+/m1/s1. The summed E-state index contributed by atoms with van der Waals surface area (Å²) in [5, 5.41) is 20.3. The number of aromatic hydroxyl groups is 1. The second-order valence-corrected chi connectivity index (χ2v) is 17.2. The number of aldehydes is 1. The number of phenols is 1. The highest BCUT2D eigenvalue weighted by atomic mass is 16.5. The number of aliphatic carboxylic acids is 1. The molecule has 10 atom stereocenters. The van der Waals surface area contributed by atoms with Crippen molar-refractivity contribution < 1.29 is 24.5 Å². The van der Waals surface area contributed by atoms with Gasteiger partial charge in [0.25, 0.3) is 0 Å². The van der Waals surface area contributed by atoms with Crippen LogP contribution >= 0.6 is 0 Å². The lowest BCUT2D eigenvalue weighted by Gasteiger charge is -2.71. The molecule has 5 heteroatoms. The number of carbonyl (C=O) groups excluding carboxylic acids is 1. The number of phenolic OH excluding ortho intramolecular Hbond substituents is 1. The van der Waals surface area contributed by atoms with Crippen molar-refractivity contribution in [2.75, 3.05) is 6.61 Å². The predicted molar refractivity (Wildman–Crippen MR) is 178 cm³/mol. The Balaban J connectivity index is 1.26. The molecule has 1 aromatic rings. The van der Waals surface area contributed by atoms with Crippen LogP contribution in [0.25, 0.3) is 6.08 Å². The fourth-order valence-corrected chi connectivity index (χ4v) is 12.2. The lowest BCUT2D eigenvalue weighted by Crippen LogP contribution is -2.65. The largest absolute Gasteiger partial charge is 0.508 e. The summed E-state index contributed by atoms with van der Waals surface area (Å²) in [6, 6.07) is 6.88. The first-order valence-corrected chi connectivity index (χ1v) is 17.6. The Labute approximate surface area is 270 Å². The molecular weight excluding hydrogens is 560 g/mol. The van der Waals surface area contributed by atoms with E-state index in [4.69, 9.17) is 4.74 Å². The van der Waals surface area contributed by atoms with Crippen LogP contribution in [-0.2, 0) is 14.3 Å². The number of rotatable bonds is 6. The van der Waals surface area contributed by atoms with Gasteiger partial charge in [0.1, 0.15) is 12.0 Å². The minimum Gasteiger partial charge on any atom is -0.508 e. The van der Waals surface area contributed by atoms with Crippen molar-refractivity contribution in [1.82, 2.24) is 0 Å². The lowest BCUT2D eigenvalue weighted by atomic mass is 9.33. The van der Waals surface area contributed by atoms with Crippen LogP contribution in [0.5, 0.6) is 5.75 Å². The molecule has 246 valence electrons. The molecule has 6 rings (SSSR count). The summed E-state index contributed by atoms with van der Waals surface area (Å²) >= 11 is 0. The summed E-state index contributed by atoms with van der Waals surface area (Å²) in [7, 11) is 0.